The van der Waals surface area contributed by atoms with Crippen molar-refractivity contribution in [2.45, 2.75) is 11.8 Å². The second-order valence-electron chi connectivity index (χ2n) is 9.48. The van der Waals surface area contributed by atoms with Crippen molar-refractivity contribution in [2.75, 3.05) is 56.0 Å². The molecule has 1 aliphatic rings. The number of fused-ring (bicyclic) bond motifs is 1. The summed E-state index contributed by atoms with van der Waals surface area (Å²) < 4.78 is 34.3. The number of benzene rings is 3. The van der Waals surface area contributed by atoms with Crippen LogP contribution in [-0.4, -0.2) is 70.6 Å². The first-order valence-electron chi connectivity index (χ1n) is 12.8. The molecule has 0 aliphatic carbocycles. The Morgan fingerprint density at radius 1 is 1.02 bits per heavy atom. The molecule has 2 heterocycles. The zero-order chi connectivity index (χ0) is 28.3. The van der Waals surface area contributed by atoms with Gasteiger partial charge in [-0.3, -0.25) is 14.4 Å². The maximum absolute atomic E-state index is 12.6. The first kappa shape index (κ1) is 28.2. The third-order valence-corrected chi connectivity index (χ3v) is 9.69. The van der Waals surface area contributed by atoms with Gasteiger partial charge in [-0.1, -0.05) is 29.0 Å². The molecule has 1 fully saturated rings. The zero-order valence-corrected chi connectivity index (χ0v) is 24.6. The van der Waals surface area contributed by atoms with E-state index in [1.807, 2.05) is 6.07 Å². The number of hydrogen-bond acceptors (Lipinski definition) is 8. The number of piperazine rings is 1. The Morgan fingerprint density at radius 2 is 1.73 bits per heavy atom. The number of nitrogens with zero attached hydrogens (tertiary/aromatic N) is 3. The number of carbonyl (C=O) groups excluding carboxylic acids is 1. The topological polar surface area (TPSA) is 104 Å². The van der Waals surface area contributed by atoms with Crippen LogP contribution in [0.2, 0.25) is 5.02 Å². The number of anilines is 2. The van der Waals surface area contributed by atoms with Gasteiger partial charge < -0.3 is 15.0 Å². The normalized spacial score (nSPS) is 14.3. The molecule has 9 nitrogen and oxygen atoms in total. The van der Waals surface area contributed by atoms with E-state index in [1.54, 1.807) is 42.7 Å². The van der Waals surface area contributed by atoms with Gasteiger partial charge in [0.25, 0.3) is 15.9 Å². The molecule has 1 aliphatic heterocycles. The molecule has 12 heteroatoms. The van der Waals surface area contributed by atoms with Crippen LogP contribution in [0.25, 0.3) is 10.2 Å². The predicted octanol–water partition coefficient (Wildman–Crippen LogP) is 4.62. The Hall–Kier alpha value is -3.38. The second kappa shape index (κ2) is 12.0. The first-order valence-corrected chi connectivity index (χ1v) is 15.5. The van der Waals surface area contributed by atoms with Gasteiger partial charge in [0.05, 0.1) is 16.7 Å². The van der Waals surface area contributed by atoms with Crippen LogP contribution < -0.4 is 19.7 Å². The molecular weight excluding hydrogens is 570 g/mol. The first-order chi connectivity index (χ1) is 19.2. The summed E-state index contributed by atoms with van der Waals surface area (Å²) in [6.45, 7) is 6.83. The van der Waals surface area contributed by atoms with Gasteiger partial charge in [0.1, 0.15) is 11.3 Å². The van der Waals surface area contributed by atoms with Crippen molar-refractivity contribution in [3.05, 3.63) is 76.8 Å². The average Bonchev–Trinajstić information content (AvgIpc) is 3.41. The fourth-order valence-electron chi connectivity index (χ4n) is 4.51. The Labute approximate surface area is 242 Å². The van der Waals surface area contributed by atoms with Crippen molar-refractivity contribution >= 4 is 59.9 Å². The fourth-order valence-corrected chi connectivity index (χ4v) is 6.80. The number of rotatable bonds is 9. The lowest BCUT2D eigenvalue weighted by atomic mass is 10.2. The number of nitrogens with one attached hydrogen (secondary N) is 2. The maximum Gasteiger partial charge on any atom is 0.261 e. The number of aromatic nitrogens is 1. The van der Waals surface area contributed by atoms with Gasteiger partial charge in [-0.2, -0.15) is 0 Å². The van der Waals surface area contributed by atoms with E-state index in [2.05, 4.69) is 32.8 Å². The molecule has 4 aromatic rings. The van der Waals surface area contributed by atoms with E-state index in [4.69, 9.17) is 21.3 Å². The van der Waals surface area contributed by atoms with Crippen LogP contribution in [0.4, 0.5) is 10.8 Å². The van der Waals surface area contributed by atoms with Crippen molar-refractivity contribution in [1.82, 2.24) is 15.2 Å². The van der Waals surface area contributed by atoms with Crippen LogP contribution >= 0.6 is 22.9 Å². The van der Waals surface area contributed by atoms with Crippen LogP contribution in [-0.2, 0) is 10.0 Å². The number of methoxy groups -OCH3 is 1. The van der Waals surface area contributed by atoms with Crippen molar-refractivity contribution in [1.29, 1.82) is 0 Å². The smallest absolute Gasteiger partial charge is 0.261 e. The van der Waals surface area contributed by atoms with E-state index in [9.17, 15) is 13.2 Å². The van der Waals surface area contributed by atoms with E-state index < -0.39 is 10.0 Å². The molecule has 0 atom stereocenters. The van der Waals surface area contributed by atoms with Crippen LogP contribution in [0.1, 0.15) is 15.9 Å². The largest absolute Gasteiger partial charge is 0.494 e. The van der Waals surface area contributed by atoms with E-state index in [1.165, 1.54) is 29.8 Å². The minimum atomic E-state index is -3.75. The van der Waals surface area contributed by atoms with Gasteiger partial charge in [-0.15, -0.1) is 0 Å². The SMILES string of the molecule is COc1ccc(C)c2sc(N3CCN(CCNC(=O)c4ccc(NS(=O)(=O)c5ccc(Cl)cc5)cc4)CC3)nc12. The average molecular weight is 600 g/mol. The number of hydrogen-bond donors (Lipinski definition) is 2. The third kappa shape index (κ3) is 6.33. The van der Waals surface area contributed by atoms with Gasteiger partial charge in [-0.25, -0.2) is 13.4 Å². The standard InChI is InChI=1S/C28H30ClN5O4S2/c1-19-3-12-24(38-2)25-26(19)39-28(31-25)34-17-15-33(16-18-34)14-13-30-27(35)20-4-8-22(9-5-20)32-40(36,37)23-10-6-21(29)7-11-23/h3-12,32H,13-18H2,1-2H3,(H,30,35). The summed E-state index contributed by atoms with van der Waals surface area (Å²) in [5.41, 5.74) is 2.94. The lowest BCUT2D eigenvalue weighted by Gasteiger charge is -2.34. The summed E-state index contributed by atoms with van der Waals surface area (Å²) in [5.74, 6) is 0.593. The number of thiazole rings is 1. The highest BCUT2D eigenvalue weighted by atomic mass is 35.5. The predicted molar refractivity (Wildman–Crippen MR) is 161 cm³/mol. The van der Waals surface area contributed by atoms with E-state index in [0.29, 0.717) is 22.8 Å². The van der Waals surface area contributed by atoms with Crippen molar-refractivity contribution < 1.29 is 17.9 Å². The van der Waals surface area contributed by atoms with Gasteiger partial charge in [-0.05, 0) is 67.1 Å². The maximum atomic E-state index is 12.6. The van der Waals surface area contributed by atoms with Crippen molar-refractivity contribution in [3.8, 4) is 5.75 Å². The second-order valence-corrected chi connectivity index (χ2v) is 12.6. The Morgan fingerprint density at radius 3 is 2.40 bits per heavy atom. The summed E-state index contributed by atoms with van der Waals surface area (Å²) in [5, 5.41) is 4.42. The number of sulfonamides is 1. The Balaban J connectivity index is 1.08. The van der Waals surface area contributed by atoms with Crippen LogP contribution in [0.15, 0.2) is 65.6 Å². The number of halogens is 1. The minimum Gasteiger partial charge on any atom is -0.494 e. The minimum absolute atomic E-state index is 0.106. The molecule has 210 valence electrons. The van der Waals surface area contributed by atoms with Gasteiger partial charge >= 0.3 is 0 Å². The summed E-state index contributed by atoms with van der Waals surface area (Å²) in [4.78, 5) is 22.2. The molecule has 2 N–H and O–H groups in total. The Bertz CT molecular complexity index is 1600. The molecule has 40 heavy (non-hydrogen) atoms. The monoisotopic (exact) mass is 599 g/mol. The highest BCUT2D eigenvalue weighted by Crippen LogP contribution is 2.36. The number of carbonyl (C=O) groups is 1. The summed E-state index contributed by atoms with van der Waals surface area (Å²) in [6.07, 6.45) is 0. The summed E-state index contributed by atoms with van der Waals surface area (Å²) >= 11 is 7.54. The highest BCUT2D eigenvalue weighted by Gasteiger charge is 2.21. The molecule has 0 radical (unpaired) electrons. The number of aryl methyl sites for hydroxylation is 1. The summed E-state index contributed by atoms with van der Waals surface area (Å²) in [6, 6.07) is 16.3. The lowest BCUT2D eigenvalue weighted by Crippen LogP contribution is -2.48. The van der Waals surface area contributed by atoms with E-state index >= 15 is 0 Å². The number of ether oxygens (including phenoxy) is 1. The van der Waals surface area contributed by atoms with Gasteiger partial charge in [0.2, 0.25) is 0 Å². The lowest BCUT2D eigenvalue weighted by molar-refractivity contribution is 0.0948. The summed E-state index contributed by atoms with van der Waals surface area (Å²) in [7, 11) is -2.08. The van der Waals surface area contributed by atoms with Gasteiger partial charge in [0.15, 0.2) is 5.13 Å². The molecule has 1 aromatic heterocycles. The molecule has 5 rings (SSSR count). The van der Waals surface area contributed by atoms with E-state index in [-0.39, 0.29) is 10.8 Å². The molecule has 3 aromatic carbocycles. The molecule has 1 amide bonds. The van der Waals surface area contributed by atoms with Crippen LogP contribution in [0.5, 0.6) is 5.75 Å². The number of amides is 1. The van der Waals surface area contributed by atoms with Crippen molar-refractivity contribution in [2.24, 2.45) is 0 Å². The molecular formula is C28H30ClN5O4S2. The zero-order valence-electron chi connectivity index (χ0n) is 22.2. The highest BCUT2D eigenvalue weighted by molar-refractivity contribution is 7.92. The third-order valence-electron chi connectivity index (χ3n) is 6.79. The quantitative estimate of drug-likeness (QED) is 0.289. The fraction of sp³-hybridized carbons (Fsp3) is 0.286. The van der Waals surface area contributed by atoms with Crippen LogP contribution in [0, 0.1) is 6.92 Å². The molecule has 0 unspecified atom stereocenters. The molecule has 1 saturated heterocycles. The van der Waals surface area contributed by atoms with E-state index in [0.717, 1.165) is 53.8 Å². The van der Waals surface area contributed by atoms with Gasteiger partial charge in [0, 0.05) is 55.5 Å². The van der Waals surface area contributed by atoms with Crippen molar-refractivity contribution in [3.63, 3.8) is 0 Å². The van der Waals surface area contributed by atoms with Crippen LogP contribution in [0.3, 0.4) is 0 Å². The molecule has 0 spiro atoms. The molecule has 0 saturated carbocycles. The Kier molecular flexibility index (Phi) is 8.46. The molecule has 0 bridgehead atoms.